The second-order valence-electron chi connectivity index (χ2n) is 30.8. The molecule has 2 unspecified atom stereocenters. The summed E-state index contributed by atoms with van der Waals surface area (Å²) in [6.45, 7) is 9.60. The van der Waals surface area contributed by atoms with Gasteiger partial charge in [-0.2, -0.15) is 0 Å². The third kappa shape index (κ3) is 76.3. The molecule has 0 aromatic carbocycles. The standard InChI is InChI=1S/C83H162O17P2/c1-7-9-11-13-15-17-19-21-22-23-24-28-31-35-38-42-46-53-59-65-80(85)93-71-78(99-82(87)68-62-56-48-44-40-36-32-29-26-25-27-30-34-37-41-45-51-57-63-75(3)4)73-97-101(89,90)95-69-77(84)70-96-102(91,92)98-74-79(72-94-81(86)66-60-54-50-49-52-58-64-76(5)6)100-83(88)67-61-55-47-43-39-33-20-18-16-14-12-10-8-2/h75-79,84H,7-74H2,1-6H3,(H,89,90)(H,91,92)/t77-,78-,79-/m1/s1. The summed E-state index contributed by atoms with van der Waals surface area (Å²) in [5, 5.41) is 10.6. The fourth-order valence-electron chi connectivity index (χ4n) is 12.9. The second-order valence-corrected chi connectivity index (χ2v) is 33.7. The average Bonchev–Trinajstić information content (AvgIpc) is 0.913. The van der Waals surface area contributed by atoms with E-state index in [1.165, 1.54) is 250 Å². The monoisotopic (exact) mass is 1490 g/mol. The van der Waals surface area contributed by atoms with Crippen LogP contribution in [0.2, 0.25) is 0 Å². The van der Waals surface area contributed by atoms with Gasteiger partial charge in [-0.3, -0.25) is 37.3 Å². The lowest BCUT2D eigenvalue weighted by Crippen LogP contribution is -2.30. The van der Waals surface area contributed by atoms with Crippen molar-refractivity contribution in [1.29, 1.82) is 0 Å². The van der Waals surface area contributed by atoms with E-state index in [-0.39, 0.29) is 25.7 Å². The van der Waals surface area contributed by atoms with Crippen molar-refractivity contribution in [2.24, 2.45) is 11.8 Å². The van der Waals surface area contributed by atoms with Gasteiger partial charge < -0.3 is 33.8 Å². The first kappa shape index (κ1) is 100. The molecular weight excluding hydrogens is 1330 g/mol. The zero-order valence-corrected chi connectivity index (χ0v) is 68.7. The number of phosphoric acid groups is 2. The van der Waals surface area contributed by atoms with Crippen LogP contribution >= 0.6 is 15.6 Å². The summed E-state index contributed by atoms with van der Waals surface area (Å²) in [5.74, 6) is -0.608. The van der Waals surface area contributed by atoms with E-state index in [9.17, 15) is 43.2 Å². The molecule has 102 heavy (non-hydrogen) atoms. The maximum Gasteiger partial charge on any atom is 0.472 e. The molecule has 0 bridgehead atoms. The molecule has 0 aromatic heterocycles. The van der Waals surface area contributed by atoms with E-state index >= 15 is 0 Å². The molecular formula is C83H162O17P2. The smallest absolute Gasteiger partial charge is 0.462 e. The van der Waals surface area contributed by atoms with Crippen LogP contribution in [0.4, 0.5) is 0 Å². The van der Waals surface area contributed by atoms with Gasteiger partial charge in [0.2, 0.25) is 0 Å². The average molecular weight is 1490 g/mol. The van der Waals surface area contributed by atoms with Gasteiger partial charge in [0.15, 0.2) is 12.2 Å². The first-order chi connectivity index (χ1) is 49.4. The summed E-state index contributed by atoms with van der Waals surface area (Å²) >= 11 is 0. The van der Waals surface area contributed by atoms with Crippen molar-refractivity contribution in [2.45, 2.75) is 458 Å². The number of aliphatic hydroxyl groups excluding tert-OH is 1. The molecule has 19 heteroatoms. The largest absolute Gasteiger partial charge is 0.472 e. The number of carbonyl (C=O) groups excluding carboxylic acids is 4. The number of unbranched alkanes of at least 4 members (excludes halogenated alkanes) is 52. The Bertz CT molecular complexity index is 1960. The molecule has 5 atom stereocenters. The van der Waals surface area contributed by atoms with Crippen LogP contribution in [0.25, 0.3) is 0 Å². The quantitative estimate of drug-likeness (QED) is 0.0222. The van der Waals surface area contributed by atoms with Crippen LogP contribution in [-0.4, -0.2) is 96.7 Å². The molecule has 606 valence electrons. The Morgan fingerprint density at radius 3 is 0.667 bits per heavy atom. The molecule has 0 aliphatic rings. The normalized spacial score (nSPS) is 13.9. The highest BCUT2D eigenvalue weighted by molar-refractivity contribution is 7.47. The summed E-state index contributed by atoms with van der Waals surface area (Å²) in [5.41, 5.74) is 0. The van der Waals surface area contributed by atoms with Crippen molar-refractivity contribution in [3.05, 3.63) is 0 Å². The van der Waals surface area contributed by atoms with Crippen LogP contribution in [0.15, 0.2) is 0 Å². The Kier molecular flexibility index (Phi) is 73.1. The molecule has 0 radical (unpaired) electrons. The summed E-state index contributed by atoms with van der Waals surface area (Å²) in [4.78, 5) is 73.0. The molecule has 0 heterocycles. The highest BCUT2D eigenvalue weighted by atomic mass is 31.2. The Hall–Kier alpha value is -1.94. The molecule has 0 spiro atoms. The Labute approximate surface area is 626 Å². The van der Waals surface area contributed by atoms with E-state index in [4.69, 9.17) is 37.0 Å². The lowest BCUT2D eigenvalue weighted by atomic mass is 10.0. The van der Waals surface area contributed by atoms with E-state index in [0.717, 1.165) is 102 Å². The molecule has 0 saturated heterocycles. The van der Waals surface area contributed by atoms with E-state index in [1.54, 1.807) is 0 Å². The fraction of sp³-hybridized carbons (Fsp3) is 0.952. The predicted molar refractivity (Wildman–Crippen MR) is 418 cm³/mol. The van der Waals surface area contributed by atoms with Crippen molar-refractivity contribution in [3.63, 3.8) is 0 Å². The van der Waals surface area contributed by atoms with Crippen molar-refractivity contribution < 1.29 is 80.2 Å². The summed E-state index contributed by atoms with van der Waals surface area (Å²) in [6, 6.07) is 0. The topological polar surface area (TPSA) is 237 Å². The van der Waals surface area contributed by atoms with Gasteiger partial charge in [-0.05, 0) is 37.5 Å². The highest BCUT2D eigenvalue weighted by Crippen LogP contribution is 2.45. The minimum absolute atomic E-state index is 0.107. The molecule has 0 rings (SSSR count). The third-order valence-electron chi connectivity index (χ3n) is 19.5. The van der Waals surface area contributed by atoms with E-state index in [1.807, 2.05) is 0 Å². The van der Waals surface area contributed by atoms with E-state index in [2.05, 4.69) is 41.5 Å². The number of esters is 4. The van der Waals surface area contributed by atoms with E-state index < -0.39 is 97.5 Å². The number of phosphoric ester groups is 2. The van der Waals surface area contributed by atoms with Crippen molar-refractivity contribution >= 4 is 39.5 Å². The number of ether oxygens (including phenoxy) is 4. The first-order valence-corrected chi connectivity index (χ1v) is 46.0. The SMILES string of the molecule is CCCCCCCCCCCCCCCCCCCCCC(=O)OC[C@H](COP(=O)(O)OC[C@@H](O)COP(=O)(O)OC[C@@H](COC(=O)CCCCCCCCC(C)C)OC(=O)CCCCCCCCCCCCCCC)OC(=O)CCCCCCCCCCCCCCCCCCCCC(C)C. The van der Waals surface area contributed by atoms with Crippen LogP contribution in [0.5, 0.6) is 0 Å². The lowest BCUT2D eigenvalue weighted by Gasteiger charge is -2.21. The minimum Gasteiger partial charge on any atom is -0.462 e. The van der Waals surface area contributed by atoms with E-state index in [0.29, 0.717) is 31.6 Å². The summed E-state index contributed by atoms with van der Waals surface area (Å²) in [7, 11) is -9.92. The summed E-state index contributed by atoms with van der Waals surface area (Å²) in [6.07, 6.45) is 65.5. The van der Waals surface area contributed by atoms with Gasteiger partial charge in [-0.15, -0.1) is 0 Å². The maximum absolute atomic E-state index is 13.1. The molecule has 0 aliphatic carbocycles. The van der Waals surface area contributed by atoms with Gasteiger partial charge in [-0.1, -0.05) is 388 Å². The lowest BCUT2D eigenvalue weighted by molar-refractivity contribution is -0.161. The molecule has 0 fully saturated rings. The highest BCUT2D eigenvalue weighted by Gasteiger charge is 2.30. The number of hydrogen-bond donors (Lipinski definition) is 3. The van der Waals surface area contributed by atoms with Gasteiger partial charge in [0.1, 0.15) is 19.3 Å². The number of hydrogen-bond acceptors (Lipinski definition) is 15. The van der Waals surface area contributed by atoms with Gasteiger partial charge in [0, 0.05) is 25.7 Å². The molecule has 0 amide bonds. The molecule has 17 nitrogen and oxygen atoms in total. The number of aliphatic hydroxyl groups is 1. The van der Waals surface area contributed by atoms with Gasteiger partial charge >= 0.3 is 39.5 Å². The van der Waals surface area contributed by atoms with Crippen molar-refractivity contribution in [2.75, 3.05) is 39.6 Å². The Balaban J connectivity index is 5.20. The van der Waals surface area contributed by atoms with Crippen molar-refractivity contribution in [3.8, 4) is 0 Å². The first-order valence-electron chi connectivity index (χ1n) is 43.0. The predicted octanol–water partition coefficient (Wildman–Crippen LogP) is 25.1. The zero-order chi connectivity index (χ0) is 74.9. The maximum atomic E-state index is 13.1. The zero-order valence-electron chi connectivity index (χ0n) is 66.9. The summed E-state index contributed by atoms with van der Waals surface area (Å²) < 4.78 is 68.7. The second kappa shape index (κ2) is 74.5. The minimum atomic E-state index is -4.96. The molecule has 3 N–H and O–H groups in total. The molecule has 0 aromatic rings. The van der Waals surface area contributed by atoms with Gasteiger partial charge in [-0.25, -0.2) is 9.13 Å². The number of carbonyl (C=O) groups is 4. The molecule has 0 saturated carbocycles. The molecule has 0 aliphatic heterocycles. The van der Waals surface area contributed by atoms with Crippen LogP contribution in [0.3, 0.4) is 0 Å². The van der Waals surface area contributed by atoms with Gasteiger partial charge in [0.25, 0.3) is 0 Å². The van der Waals surface area contributed by atoms with Crippen LogP contribution in [0.1, 0.15) is 440 Å². The van der Waals surface area contributed by atoms with Gasteiger partial charge in [0.05, 0.1) is 26.4 Å². The third-order valence-corrected chi connectivity index (χ3v) is 21.4. The van der Waals surface area contributed by atoms with Crippen molar-refractivity contribution in [1.82, 2.24) is 0 Å². The Morgan fingerprint density at radius 2 is 0.451 bits per heavy atom. The Morgan fingerprint density at radius 1 is 0.265 bits per heavy atom. The number of rotatable bonds is 82. The fourth-order valence-corrected chi connectivity index (χ4v) is 14.5. The van der Waals surface area contributed by atoms with Crippen LogP contribution in [-0.2, 0) is 65.4 Å². The van der Waals surface area contributed by atoms with Crippen LogP contribution < -0.4 is 0 Å². The van der Waals surface area contributed by atoms with Crippen LogP contribution in [0, 0.1) is 11.8 Å².